The third-order valence-electron chi connectivity index (χ3n) is 10.0. The van der Waals surface area contributed by atoms with Crippen LogP contribution in [0, 0.1) is 0 Å². The number of hydrogen-bond acceptors (Lipinski definition) is 3. The van der Waals surface area contributed by atoms with Gasteiger partial charge in [0.1, 0.15) is 11.2 Å². The first-order valence-electron chi connectivity index (χ1n) is 16.1. The van der Waals surface area contributed by atoms with Crippen LogP contribution in [0.1, 0.15) is 25.0 Å². The molecule has 0 amide bonds. The zero-order chi connectivity index (χ0) is 31.3. The Labute approximate surface area is 271 Å². The van der Waals surface area contributed by atoms with Gasteiger partial charge in [-0.25, -0.2) is 9.97 Å². The number of nitrogens with zero attached hydrogens (tertiary/aromatic N) is 3. The summed E-state index contributed by atoms with van der Waals surface area (Å²) in [6, 6.07) is 49.0. The molecule has 3 heterocycles. The van der Waals surface area contributed by atoms with Crippen molar-refractivity contribution >= 4 is 43.7 Å². The molecular formula is C43H29N3O. The van der Waals surface area contributed by atoms with Gasteiger partial charge in [-0.15, -0.1) is 0 Å². The van der Waals surface area contributed by atoms with E-state index in [4.69, 9.17) is 14.4 Å². The maximum absolute atomic E-state index is 6.57. The number of benzene rings is 6. The average molecular weight is 604 g/mol. The highest BCUT2D eigenvalue weighted by Gasteiger charge is 2.40. The van der Waals surface area contributed by atoms with Crippen molar-refractivity contribution in [3.63, 3.8) is 0 Å². The fourth-order valence-corrected chi connectivity index (χ4v) is 7.89. The minimum absolute atomic E-state index is 0.236. The van der Waals surface area contributed by atoms with E-state index in [9.17, 15) is 0 Å². The Morgan fingerprint density at radius 2 is 1.23 bits per heavy atom. The van der Waals surface area contributed by atoms with Crippen molar-refractivity contribution in [2.75, 3.05) is 0 Å². The van der Waals surface area contributed by atoms with Crippen LogP contribution < -0.4 is 0 Å². The smallest absolute Gasteiger partial charge is 0.162 e. The van der Waals surface area contributed by atoms with Crippen LogP contribution in [0.25, 0.3) is 83.3 Å². The molecule has 1 aliphatic rings. The van der Waals surface area contributed by atoms with Gasteiger partial charge in [0.15, 0.2) is 5.82 Å². The van der Waals surface area contributed by atoms with Crippen LogP contribution in [0.2, 0.25) is 0 Å². The topological polar surface area (TPSA) is 43.9 Å². The molecule has 0 aliphatic heterocycles. The van der Waals surface area contributed by atoms with E-state index in [-0.39, 0.29) is 5.41 Å². The second-order valence-corrected chi connectivity index (χ2v) is 13.0. The van der Waals surface area contributed by atoms with Crippen LogP contribution in [0.4, 0.5) is 0 Å². The van der Waals surface area contributed by atoms with Gasteiger partial charge in [-0.1, -0.05) is 117 Å². The Morgan fingerprint density at radius 3 is 2.11 bits per heavy atom. The van der Waals surface area contributed by atoms with Crippen LogP contribution in [0.5, 0.6) is 0 Å². The first kappa shape index (κ1) is 26.2. The van der Waals surface area contributed by atoms with E-state index in [0.717, 1.165) is 71.9 Å². The third kappa shape index (κ3) is 3.58. The lowest BCUT2D eigenvalue weighted by Gasteiger charge is -2.24. The summed E-state index contributed by atoms with van der Waals surface area (Å²) >= 11 is 0. The van der Waals surface area contributed by atoms with Crippen LogP contribution in [-0.2, 0) is 5.41 Å². The number of furan rings is 1. The molecule has 9 aromatic rings. The van der Waals surface area contributed by atoms with E-state index in [2.05, 4.69) is 146 Å². The molecule has 0 atom stereocenters. The minimum Gasteiger partial charge on any atom is -0.455 e. The Hall–Kier alpha value is -6.00. The lowest BCUT2D eigenvalue weighted by Crippen LogP contribution is -2.17. The van der Waals surface area contributed by atoms with Gasteiger partial charge in [0.25, 0.3) is 0 Å². The second kappa shape index (κ2) is 9.51. The minimum atomic E-state index is -0.236. The van der Waals surface area contributed by atoms with Gasteiger partial charge in [-0.3, -0.25) is 0 Å². The maximum atomic E-state index is 6.57. The SMILES string of the molecule is CC1(C)c2ccccc2-c2nc(-c3ccccc3-n3c4ccccc4c4c5oc6ccccc6c5ccc43)nc(-c3ccccc3)c21. The van der Waals surface area contributed by atoms with Crippen molar-refractivity contribution in [2.45, 2.75) is 19.3 Å². The predicted molar refractivity (Wildman–Crippen MR) is 192 cm³/mol. The van der Waals surface area contributed by atoms with E-state index < -0.39 is 0 Å². The van der Waals surface area contributed by atoms with E-state index in [0.29, 0.717) is 5.82 Å². The Balaban J connectivity index is 1.29. The number of para-hydroxylation sites is 3. The Kier molecular flexibility index (Phi) is 5.31. The average Bonchev–Trinajstić information content (AvgIpc) is 3.74. The van der Waals surface area contributed by atoms with Crippen molar-refractivity contribution in [3.05, 3.63) is 151 Å². The van der Waals surface area contributed by atoms with Crippen LogP contribution in [-0.4, -0.2) is 14.5 Å². The quantitative estimate of drug-likeness (QED) is 0.202. The molecular weight excluding hydrogens is 574 g/mol. The molecule has 4 nitrogen and oxygen atoms in total. The lowest BCUT2D eigenvalue weighted by molar-refractivity contribution is 0.658. The van der Waals surface area contributed by atoms with Crippen molar-refractivity contribution in [2.24, 2.45) is 0 Å². The summed E-state index contributed by atoms with van der Waals surface area (Å²) in [4.78, 5) is 10.8. The highest BCUT2D eigenvalue weighted by atomic mass is 16.3. The summed E-state index contributed by atoms with van der Waals surface area (Å²) in [5.41, 5.74) is 12.5. The first-order valence-corrected chi connectivity index (χ1v) is 16.1. The maximum Gasteiger partial charge on any atom is 0.162 e. The highest BCUT2D eigenvalue weighted by Crippen LogP contribution is 2.51. The normalized spacial score (nSPS) is 13.5. The molecule has 47 heavy (non-hydrogen) atoms. The van der Waals surface area contributed by atoms with Crippen molar-refractivity contribution < 1.29 is 4.42 Å². The molecule has 0 spiro atoms. The molecule has 222 valence electrons. The van der Waals surface area contributed by atoms with E-state index in [1.165, 1.54) is 16.7 Å². The number of rotatable bonds is 3. The highest BCUT2D eigenvalue weighted by molar-refractivity contribution is 6.24. The van der Waals surface area contributed by atoms with Crippen LogP contribution in [0.15, 0.2) is 144 Å². The van der Waals surface area contributed by atoms with E-state index >= 15 is 0 Å². The Bertz CT molecular complexity index is 2710. The molecule has 3 aromatic heterocycles. The zero-order valence-electron chi connectivity index (χ0n) is 26.0. The molecule has 0 radical (unpaired) electrons. The number of hydrogen-bond donors (Lipinski definition) is 0. The van der Waals surface area contributed by atoms with Gasteiger partial charge >= 0.3 is 0 Å². The summed E-state index contributed by atoms with van der Waals surface area (Å²) in [5.74, 6) is 0.710. The molecule has 6 aromatic carbocycles. The van der Waals surface area contributed by atoms with Crippen molar-refractivity contribution in [3.8, 4) is 39.6 Å². The van der Waals surface area contributed by atoms with Crippen LogP contribution in [0.3, 0.4) is 0 Å². The molecule has 0 fully saturated rings. The molecule has 4 heteroatoms. The summed E-state index contributed by atoms with van der Waals surface area (Å²) in [5, 5.41) is 4.52. The summed E-state index contributed by atoms with van der Waals surface area (Å²) < 4.78 is 8.92. The van der Waals surface area contributed by atoms with E-state index in [1.54, 1.807) is 0 Å². The number of fused-ring (bicyclic) bond motifs is 10. The van der Waals surface area contributed by atoms with Crippen molar-refractivity contribution in [1.82, 2.24) is 14.5 Å². The zero-order valence-corrected chi connectivity index (χ0v) is 26.0. The summed E-state index contributed by atoms with van der Waals surface area (Å²) in [6.45, 7) is 4.58. The Morgan fingerprint density at radius 1 is 0.553 bits per heavy atom. The van der Waals surface area contributed by atoms with E-state index in [1.807, 2.05) is 12.1 Å². The molecule has 0 saturated carbocycles. The summed E-state index contributed by atoms with van der Waals surface area (Å²) in [6.07, 6.45) is 0. The van der Waals surface area contributed by atoms with Crippen molar-refractivity contribution in [1.29, 1.82) is 0 Å². The molecule has 0 N–H and O–H groups in total. The van der Waals surface area contributed by atoms with Gasteiger partial charge in [-0.2, -0.15) is 0 Å². The second-order valence-electron chi connectivity index (χ2n) is 13.0. The fraction of sp³-hybridized carbons (Fsp3) is 0.0698. The van der Waals surface area contributed by atoms with Gasteiger partial charge in [0.05, 0.1) is 33.5 Å². The molecule has 0 saturated heterocycles. The fourth-order valence-electron chi connectivity index (χ4n) is 7.89. The van der Waals surface area contributed by atoms with Gasteiger partial charge in [0, 0.05) is 43.8 Å². The van der Waals surface area contributed by atoms with Crippen LogP contribution >= 0.6 is 0 Å². The van der Waals surface area contributed by atoms with Gasteiger partial charge in [0.2, 0.25) is 0 Å². The summed E-state index contributed by atoms with van der Waals surface area (Å²) in [7, 11) is 0. The molecule has 0 unspecified atom stereocenters. The first-order chi connectivity index (χ1) is 23.1. The van der Waals surface area contributed by atoms with Gasteiger partial charge < -0.3 is 8.98 Å². The lowest BCUT2D eigenvalue weighted by atomic mass is 9.81. The van der Waals surface area contributed by atoms with Gasteiger partial charge in [-0.05, 0) is 42.0 Å². The predicted octanol–water partition coefficient (Wildman–Crippen LogP) is 11.1. The molecule has 0 bridgehead atoms. The monoisotopic (exact) mass is 603 g/mol. The largest absolute Gasteiger partial charge is 0.455 e. The standard InChI is InChI=1S/C43H29N3O/c1-43(2)32-20-10-6-17-29(32)40-38(43)39(26-14-4-3-5-15-26)44-42(45-40)31-19-8-12-22-34(31)46-33-21-11-7-18-30(33)37-35(46)25-24-28-27-16-9-13-23-36(27)47-41(28)37/h3-25H,1-2H3. The molecule has 10 rings (SSSR count). The number of aromatic nitrogens is 3. The third-order valence-corrected chi connectivity index (χ3v) is 10.0. The molecule has 1 aliphatic carbocycles.